The Morgan fingerprint density at radius 3 is 2.50 bits per heavy atom. The van der Waals surface area contributed by atoms with Crippen molar-refractivity contribution in [2.45, 2.75) is 13.1 Å². The maximum Gasteiger partial charge on any atom is 0.120 e. The molecule has 0 saturated heterocycles. The van der Waals surface area contributed by atoms with Crippen LogP contribution in [0.2, 0.25) is 0 Å². The lowest BCUT2D eigenvalue weighted by atomic mass is 10.1. The molecule has 0 bridgehead atoms. The summed E-state index contributed by atoms with van der Waals surface area (Å²) in [6.07, 6.45) is 0. The molecule has 100 valence electrons. The highest BCUT2D eigenvalue weighted by atomic mass is 16.5. The second-order valence-corrected chi connectivity index (χ2v) is 4.97. The molecule has 2 aromatic rings. The molecule has 3 heteroatoms. The van der Waals surface area contributed by atoms with Crippen LogP contribution in [-0.4, -0.2) is 18.1 Å². The second kappa shape index (κ2) is 5.77. The monoisotopic (exact) mass is 264 g/mol. The quantitative estimate of drug-likeness (QED) is 0.851. The molecule has 2 aromatic carbocycles. The van der Waals surface area contributed by atoms with E-state index in [0.29, 0.717) is 12.2 Å². The van der Waals surface area contributed by atoms with E-state index in [1.807, 2.05) is 12.1 Å². The number of nitrogens with zero attached hydrogens (tertiary/aromatic N) is 2. The Morgan fingerprint density at radius 2 is 1.80 bits per heavy atom. The summed E-state index contributed by atoms with van der Waals surface area (Å²) in [4.78, 5) is 2.37. The summed E-state index contributed by atoms with van der Waals surface area (Å²) < 4.78 is 5.72. The highest BCUT2D eigenvalue weighted by Gasteiger charge is 2.17. The molecule has 0 aliphatic carbocycles. The number of hydrogen-bond acceptors (Lipinski definition) is 3. The fraction of sp³-hybridized carbons (Fsp3) is 0.235. The number of rotatable bonds is 4. The molecule has 1 heterocycles. The molecule has 0 spiro atoms. The van der Waals surface area contributed by atoms with E-state index in [-0.39, 0.29) is 0 Å². The second-order valence-electron chi connectivity index (χ2n) is 4.97. The van der Waals surface area contributed by atoms with Crippen LogP contribution in [0.25, 0.3) is 0 Å². The zero-order chi connectivity index (χ0) is 13.8. The summed E-state index contributed by atoms with van der Waals surface area (Å²) in [6, 6.07) is 18.0. The molecule has 1 aliphatic heterocycles. The first-order valence-electron chi connectivity index (χ1n) is 6.77. The van der Waals surface area contributed by atoms with Crippen LogP contribution in [0.4, 0.5) is 0 Å². The van der Waals surface area contributed by atoms with Gasteiger partial charge in [0.1, 0.15) is 12.4 Å². The van der Waals surface area contributed by atoms with Gasteiger partial charge in [-0.15, -0.1) is 0 Å². The smallest absolute Gasteiger partial charge is 0.120 e. The molecular weight excluding hydrogens is 248 g/mol. The first kappa shape index (κ1) is 12.7. The molecular formula is C17H16N2O. The first-order valence-corrected chi connectivity index (χ1v) is 6.77. The van der Waals surface area contributed by atoms with E-state index in [1.54, 1.807) is 12.1 Å². The largest absolute Gasteiger partial charge is 0.492 e. The summed E-state index contributed by atoms with van der Waals surface area (Å²) in [7, 11) is 0. The van der Waals surface area contributed by atoms with Crippen LogP contribution in [0.3, 0.4) is 0 Å². The average molecular weight is 264 g/mol. The van der Waals surface area contributed by atoms with Crippen molar-refractivity contribution in [3.8, 4) is 11.8 Å². The van der Waals surface area contributed by atoms with Gasteiger partial charge in [-0.2, -0.15) is 5.26 Å². The first-order chi connectivity index (χ1) is 9.85. The van der Waals surface area contributed by atoms with Gasteiger partial charge in [-0.3, -0.25) is 4.90 Å². The third-order valence-corrected chi connectivity index (χ3v) is 3.55. The fourth-order valence-electron chi connectivity index (χ4n) is 2.51. The summed E-state index contributed by atoms with van der Waals surface area (Å²) in [6.45, 7) is 3.53. The van der Waals surface area contributed by atoms with Gasteiger partial charge in [-0.1, -0.05) is 30.3 Å². The van der Waals surface area contributed by atoms with Gasteiger partial charge in [0.05, 0.1) is 11.6 Å². The van der Waals surface area contributed by atoms with Gasteiger partial charge in [-0.25, -0.2) is 0 Å². The van der Waals surface area contributed by atoms with Gasteiger partial charge in [0.15, 0.2) is 0 Å². The van der Waals surface area contributed by atoms with E-state index in [4.69, 9.17) is 10.00 Å². The SMILES string of the molecule is N#Cc1cccc(OCCN2Cc3ccccc3C2)c1. The van der Waals surface area contributed by atoms with Crippen LogP contribution in [-0.2, 0) is 13.1 Å². The van der Waals surface area contributed by atoms with Gasteiger partial charge < -0.3 is 4.74 Å². The van der Waals surface area contributed by atoms with Gasteiger partial charge in [0.2, 0.25) is 0 Å². The Balaban J connectivity index is 1.51. The number of ether oxygens (including phenoxy) is 1. The highest BCUT2D eigenvalue weighted by molar-refractivity contribution is 5.36. The summed E-state index contributed by atoms with van der Waals surface area (Å²) >= 11 is 0. The molecule has 0 N–H and O–H groups in total. The van der Waals surface area contributed by atoms with Crippen LogP contribution in [0.5, 0.6) is 5.75 Å². The summed E-state index contributed by atoms with van der Waals surface area (Å²) in [5, 5.41) is 8.85. The predicted molar refractivity (Wildman–Crippen MR) is 77.2 cm³/mol. The van der Waals surface area contributed by atoms with Crippen molar-refractivity contribution in [2.75, 3.05) is 13.2 Å². The molecule has 20 heavy (non-hydrogen) atoms. The molecule has 0 radical (unpaired) electrons. The predicted octanol–water partition coefficient (Wildman–Crippen LogP) is 2.95. The molecule has 0 aromatic heterocycles. The maximum atomic E-state index is 8.85. The number of hydrogen-bond donors (Lipinski definition) is 0. The van der Waals surface area contributed by atoms with Crippen LogP contribution < -0.4 is 4.74 Å². The van der Waals surface area contributed by atoms with Crippen molar-refractivity contribution >= 4 is 0 Å². The standard InChI is InChI=1S/C17H16N2O/c18-11-14-4-3-7-17(10-14)20-9-8-19-12-15-5-1-2-6-16(15)13-19/h1-7,10H,8-9,12-13H2. The zero-order valence-electron chi connectivity index (χ0n) is 11.2. The molecule has 3 rings (SSSR count). The molecule has 0 amide bonds. The van der Waals surface area contributed by atoms with Crippen molar-refractivity contribution in [2.24, 2.45) is 0 Å². The summed E-state index contributed by atoms with van der Waals surface area (Å²) in [5.41, 5.74) is 3.47. The van der Waals surface area contributed by atoms with Crippen LogP contribution in [0, 0.1) is 11.3 Å². The van der Waals surface area contributed by atoms with E-state index in [9.17, 15) is 0 Å². The fourth-order valence-corrected chi connectivity index (χ4v) is 2.51. The molecule has 0 unspecified atom stereocenters. The van der Waals surface area contributed by atoms with Crippen molar-refractivity contribution in [1.29, 1.82) is 5.26 Å². The Hall–Kier alpha value is -2.31. The molecule has 0 saturated carbocycles. The Morgan fingerprint density at radius 1 is 1.05 bits per heavy atom. The number of benzene rings is 2. The summed E-state index contributed by atoms with van der Waals surface area (Å²) in [5.74, 6) is 0.765. The van der Waals surface area contributed by atoms with Crippen molar-refractivity contribution in [1.82, 2.24) is 4.90 Å². The lowest BCUT2D eigenvalue weighted by molar-refractivity contribution is 0.211. The molecule has 3 nitrogen and oxygen atoms in total. The zero-order valence-corrected chi connectivity index (χ0v) is 11.2. The van der Waals surface area contributed by atoms with E-state index >= 15 is 0 Å². The Labute approximate surface area is 119 Å². The Bertz CT molecular complexity index is 620. The minimum absolute atomic E-state index is 0.635. The molecule has 0 fully saturated rings. The Kier molecular flexibility index (Phi) is 3.67. The van der Waals surface area contributed by atoms with Crippen LogP contribution in [0.15, 0.2) is 48.5 Å². The van der Waals surface area contributed by atoms with Crippen molar-refractivity contribution in [3.05, 3.63) is 65.2 Å². The highest BCUT2D eigenvalue weighted by Crippen LogP contribution is 2.21. The van der Waals surface area contributed by atoms with Crippen LogP contribution >= 0.6 is 0 Å². The third-order valence-electron chi connectivity index (χ3n) is 3.55. The van der Waals surface area contributed by atoms with Crippen LogP contribution in [0.1, 0.15) is 16.7 Å². The average Bonchev–Trinajstić information content (AvgIpc) is 2.90. The topological polar surface area (TPSA) is 36.3 Å². The lowest BCUT2D eigenvalue weighted by Crippen LogP contribution is -2.22. The molecule has 0 atom stereocenters. The third kappa shape index (κ3) is 2.81. The molecule has 1 aliphatic rings. The normalized spacial score (nSPS) is 13.8. The van der Waals surface area contributed by atoms with E-state index in [1.165, 1.54) is 11.1 Å². The number of fused-ring (bicyclic) bond motifs is 1. The van der Waals surface area contributed by atoms with Crippen molar-refractivity contribution in [3.63, 3.8) is 0 Å². The minimum atomic E-state index is 0.635. The lowest BCUT2D eigenvalue weighted by Gasteiger charge is -2.15. The van der Waals surface area contributed by atoms with E-state index in [0.717, 1.165) is 25.4 Å². The van der Waals surface area contributed by atoms with Gasteiger partial charge in [0.25, 0.3) is 0 Å². The van der Waals surface area contributed by atoms with Gasteiger partial charge in [-0.05, 0) is 29.3 Å². The minimum Gasteiger partial charge on any atom is -0.492 e. The van der Waals surface area contributed by atoms with E-state index < -0.39 is 0 Å². The van der Waals surface area contributed by atoms with Gasteiger partial charge in [0, 0.05) is 19.6 Å². The van der Waals surface area contributed by atoms with Crippen molar-refractivity contribution < 1.29 is 4.74 Å². The number of nitriles is 1. The maximum absolute atomic E-state index is 8.85. The van der Waals surface area contributed by atoms with Gasteiger partial charge >= 0.3 is 0 Å². The van der Waals surface area contributed by atoms with E-state index in [2.05, 4.69) is 35.2 Å².